The van der Waals surface area contributed by atoms with E-state index in [1.165, 1.54) is 5.56 Å². The summed E-state index contributed by atoms with van der Waals surface area (Å²) in [6.07, 6.45) is 2.20. The second-order valence-electron chi connectivity index (χ2n) is 5.60. The Balaban J connectivity index is 0.00000441. The van der Waals surface area contributed by atoms with Gasteiger partial charge in [-0.05, 0) is 45.2 Å². The minimum absolute atomic E-state index is 0. The molecule has 0 aliphatic carbocycles. The van der Waals surface area contributed by atoms with E-state index in [2.05, 4.69) is 63.1 Å². The van der Waals surface area contributed by atoms with Gasteiger partial charge in [0.15, 0.2) is 5.96 Å². The maximum atomic E-state index is 5.98. The molecule has 0 fully saturated rings. The summed E-state index contributed by atoms with van der Waals surface area (Å²) in [5.41, 5.74) is 8.15. The molecule has 1 aromatic rings. The molecule has 2 unspecified atom stereocenters. The SMILES string of the molecule is CCC(C)NC(N)=NCc1ccc(C)cc1OC(C)CC.I. The van der Waals surface area contributed by atoms with Crippen LogP contribution in [0.4, 0.5) is 0 Å². The topological polar surface area (TPSA) is 59.6 Å². The molecule has 22 heavy (non-hydrogen) atoms. The number of halogens is 1. The van der Waals surface area contributed by atoms with E-state index < -0.39 is 0 Å². The highest BCUT2D eigenvalue weighted by Gasteiger charge is 2.08. The monoisotopic (exact) mass is 419 g/mol. The van der Waals surface area contributed by atoms with Gasteiger partial charge in [-0.2, -0.15) is 0 Å². The van der Waals surface area contributed by atoms with Crippen molar-refractivity contribution >= 4 is 29.9 Å². The summed E-state index contributed by atoms with van der Waals surface area (Å²) in [7, 11) is 0. The zero-order valence-corrected chi connectivity index (χ0v) is 16.7. The van der Waals surface area contributed by atoms with Crippen LogP contribution < -0.4 is 15.8 Å². The highest BCUT2D eigenvalue weighted by Crippen LogP contribution is 2.23. The first-order valence-electron chi connectivity index (χ1n) is 7.78. The van der Waals surface area contributed by atoms with E-state index in [1.54, 1.807) is 0 Å². The first-order chi connectivity index (χ1) is 9.96. The van der Waals surface area contributed by atoms with E-state index >= 15 is 0 Å². The Morgan fingerprint density at radius 1 is 1.27 bits per heavy atom. The van der Waals surface area contributed by atoms with E-state index in [1.807, 2.05) is 0 Å². The number of benzene rings is 1. The lowest BCUT2D eigenvalue weighted by atomic mass is 10.1. The van der Waals surface area contributed by atoms with Crippen molar-refractivity contribution in [1.29, 1.82) is 0 Å². The molecule has 0 saturated heterocycles. The van der Waals surface area contributed by atoms with Crippen LogP contribution in [0.3, 0.4) is 0 Å². The molecule has 0 saturated carbocycles. The summed E-state index contributed by atoms with van der Waals surface area (Å²) in [5, 5.41) is 3.17. The molecule has 0 spiro atoms. The lowest BCUT2D eigenvalue weighted by Gasteiger charge is -2.16. The largest absolute Gasteiger partial charge is 0.490 e. The van der Waals surface area contributed by atoms with Gasteiger partial charge in [0.05, 0.1) is 12.6 Å². The minimum atomic E-state index is 0. The van der Waals surface area contributed by atoms with Crippen LogP contribution in [0.1, 0.15) is 51.7 Å². The Morgan fingerprint density at radius 3 is 2.55 bits per heavy atom. The van der Waals surface area contributed by atoms with Gasteiger partial charge < -0.3 is 15.8 Å². The van der Waals surface area contributed by atoms with Crippen molar-refractivity contribution in [3.63, 3.8) is 0 Å². The summed E-state index contributed by atoms with van der Waals surface area (Å²) < 4.78 is 5.98. The van der Waals surface area contributed by atoms with Crippen molar-refractivity contribution in [3.8, 4) is 5.75 Å². The zero-order valence-electron chi connectivity index (χ0n) is 14.3. The molecule has 3 N–H and O–H groups in total. The molecular formula is C17H30IN3O. The van der Waals surface area contributed by atoms with E-state index in [4.69, 9.17) is 10.5 Å². The van der Waals surface area contributed by atoms with E-state index in [0.717, 1.165) is 24.2 Å². The predicted molar refractivity (Wildman–Crippen MR) is 105 cm³/mol. The lowest BCUT2D eigenvalue weighted by molar-refractivity contribution is 0.215. The highest BCUT2D eigenvalue weighted by molar-refractivity contribution is 14.0. The predicted octanol–water partition coefficient (Wildman–Crippen LogP) is 3.99. The van der Waals surface area contributed by atoms with E-state index in [-0.39, 0.29) is 30.1 Å². The number of rotatable bonds is 7. The normalized spacial score (nSPS) is 14.0. The second kappa shape index (κ2) is 10.7. The summed E-state index contributed by atoms with van der Waals surface area (Å²) in [6, 6.07) is 6.54. The molecule has 4 nitrogen and oxygen atoms in total. The molecule has 126 valence electrons. The van der Waals surface area contributed by atoms with Gasteiger partial charge in [-0.15, -0.1) is 24.0 Å². The van der Waals surface area contributed by atoms with Gasteiger partial charge in [0.2, 0.25) is 0 Å². The number of guanidine groups is 1. The number of aryl methyl sites for hydroxylation is 1. The van der Waals surface area contributed by atoms with Crippen LogP contribution in [0.15, 0.2) is 23.2 Å². The molecule has 5 heteroatoms. The highest BCUT2D eigenvalue weighted by atomic mass is 127. The van der Waals surface area contributed by atoms with Gasteiger partial charge in [0, 0.05) is 11.6 Å². The van der Waals surface area contributed by atoms with Gasteiger partial charge in [-0.25, -0.2) is 4.99 Å². The summed E-state index contributed by atoms with van der Waals surface area (Å²) in [6.45, 7) is 11.0. The molecule has 0 aliphatic heterocycles. The Bertz CT molecular complexity index is 477. The number of ether oxygens (including phenoxy) is 1. The van der Waals surface area contributed by atoms with Crippen molar-refractivity contribution in [3.05, 3.63) is 29.3 Å². The maximum absolute atomic E-state index is 5.98. The third-order valence-electron chi connectivity index (χ3n) is 3.55. The minimum Gasteiger partial charge on any atom is -0.490 e. The van der Waals surface area contributed by atoms with Crippen molar-refractivity contribution in [2.24, 2.45) is 10.7 Å². The smallest absolute Gasteiger partial charge is 0.189 e. The molecule has 1 aromatic carbocycles. The fraction of sp³-hybridized carbons (Fsp3) is 0.588. The lowest BCUT2D eigenvalue weighted by Crippen LogP contribution is -2.38. The van der Waals surface area contributed by atoms with Crippen molar-refractivity contribution in [1.82, 2.24) is 5.32 Å². The fourth-order valence-electron chi connectivity index (χ4n) is 1.77. The Hall–Kier alpha value is -0.980. The number of nitrogens with zero attached hydrogens (tertiary/aromatic N) is 1. The summed E-state index contributed by atoms with van der Waals surface area (Å²) in [4.78, 5) is 4.41. The van der Waals surface area contributed by atoms with Crippen molar-refractivity contribution < 1.29 is 4.74 Å². The van der Waals surface area contributed by atoms with Crippen LogP contribution in [0.5, 0.6) is 5.75 Å². The number of aliphatic imine (C=N–C) groups is 1. The van der Waals surface area contributed by atoms with Crippen LogP contribution >= 0.6 is 24.0 Å². The van der Waals surface area contributed by atoms with Crippen molar-refractivity contribution in [2.75, 3.05) is 0 Å². The van der Waals surface area contributed by atoms with Crippen molar-refractivity contribution in [2.45, 2.75) is 66.2 Å². The van der Waals surface area contributed by atoms with Crippen LogP contribution in [0.25, 0.3) is 0 Å². The third-order valence-corrected chi connectivity index (χ3v) is 3.55. The third kappa shape index (κ3) is 7.33. The average molecular weight is 419 g/mol. The quantitative estimate of drug-likeness (QED) is 0.399. The van der Waals surface area contributed by atoms with Crippen LogP contribution in [0.2, 0.25) is 0 Å². The van der Waals surface area contributed by atoms with Crippen LogP contribution in [-0.4, -0.2) is 18.1 Å². The number of nitrogens with one attached hydrogen (secondary N) is 1. The number of nitrogens with two attached hydrogens (primary N) is 1. The molecule has 0 bridgehead atoms. The molecule has 0 amide bonds. The van der Waals surface area contributed by atoms with Crippen LogP contribution in [0, 0.1) is 6.92 Å². The van der Waals surface area contributed by atoms with Gasteiger partial charge in [0.25, 0.3) is 0 Å². The van der Waals surface area contributed by atoms with Gasteiger partial charge in [0.1, 0.15) is 5.75 Å². The molecule has 2 atom stereocenters. The second-order valence-corrected chi connectivity index (χ2v) is 5.60. The molecule has 0 aromatic heterocycles. The maximum Gasteiger partial charge on any atom is 0.189 e. The summed E-state index contributed by atoms with van der Waals surface area (Å²) >= 11 is 0. The Kier molecular flexibility index (Phi) is 10.2. The first kappa shape index (κ1) is 21.0. The molecule has 1 rings (SSSR count). The van der Waals surface area contributed by atoms with Gasteiger partial charge >= 0.3 is 0 Å². The first-order valence-corrected chi connectivity index (χ1v) is 7.78. The van der Waals surface area contributed by atoms with Gasteiger partial charge in [-0.1, -0.05) is 26.0 Å². The fourth-order valence-corrected chi connectivity index (χ4v) is 1.77. The molecule has 0 aliphatic rings. The van der Waals surface area contributed by atoms with Gasteiger partial charge in [-0.3, -0.25) is 0 Å². The standard InChI is InChI=1S/C17H29N3O.HI/c1-6-13(4)20-17(18)19-11-15-9-8-12(3)10-16(15)21-14(5)7-2;/h8-10,13-14H,6-7,11H2,1-5H3,(H3,18,19,20);1H. The van der Waals surface area contributed by atoms with E-state index in [9.17, 15) is 0 Å². The van der Waals surface area contributed by atoms with Crippen LogP contribution in [-0.2, 0) is 6.54 Å². The number of hydrogen-bond acceptors (Lipinski definition) is 2. The number of hydrogen-bond donors (Lipinski definition) is 2. The zero-order chi connectivity index (χ0) is 15.8. The average Bonchev–Trinajstić information content (AvgIpc) is 2.46. The molecule has 0 heterocycles. The molecular weight excluding hydrogens is 389 g/mol. The Morgan fingerprint density at radius 2 is 1.95 bits per heavy atom. The Labute approximate surface area is 151 Å². The molecule has 0 radical (unpaired) electrons. The summed E-state index contributed by atoms with van der Waals surface area (Å²) in [5.74, 6) is 1.39. The van der Waals surface area contributed by atoms with E-state index in [0.29, 0.717) is 18.5 Å².